The fraction of sp³-hybridized carbons (Fsp3) is 0.562. The highest BCUT2D eigenvalue weighted by atomic mass is 19.4. The van der Waals surface area contributed by atoms with Crippen LogP contribution in [0, 0.1) is 0 Å². The molecule has 1 aliphatic heterocycles. The summed E-state index contributed by atoms with van der Waals surface area (Å²) in [6.45, 7) is 4.70. The van der Waals surface area contributed by atoms with E-state index in [9.17, 15) is 13.2 Å². The van der Waals surface area contributed by atoms with Crippen LogP contribution in [-0.4, -0.2) is 45.3 Å². The van der Waals surface area contributed by atoms with E-state index in [4.69, 9.17) is 10.5 Å². The first-order valence-electron chi connectivity index (χ1n) is 8.35. The van der Waals surface area contributed by atoms with Crippen LogP contribution in [0.5, 0.6) is 0 Å². The van der Waals surface area contributed by atoms with Gasteiger partial charge in [-0.25, -0.2) is 15.0 Å². The Morgan fingerprint density at radius 3 is 2.58 bits per heavy atom. The summed E-state index contributed by atoms with van der Waals surface area (Å²) in [6, 6.07) is 0.00137. The molecule has 7 nitrogen and oxygen atoms in total. The summed E-state index contributed by atoms with van der Waals surface area (Å²) in [5, 5.41) is 0. The van der Waals surface area contributed by atoms with Crippen LogP contribution in [-0.2, 0) is 30.4 Å². The number of rotatable bonds is 6. The molecule has 0 amide bonds. The van der Waals surface area contributed by atoms with Crippen molar-refractivity contribution in [2.45, 2.75) is 38.7 Å². The highest BCUT2D eigenvalue weighted by molar-refractivity contribution is 5.33. The van der Waals surface area contributed by atoms with Gasteiger partial charge >= 0.3 is 6.18 Å². The molecule has 0 saturated carbocycles. The molecule has 10 heteroatoms. The smallest absolute Gasteiger partial charge is 0.379 e. The standard InChI is InChI=1S/C16H21F3N6O/c1-11(20)10-26-5-2-14-21-8-13-9-24(3-4-25(13)14)15-22-6-12(7-23-15)16(17,18)19/h6-8,11H,2-5,9-10,20H2,1H3. The van der Waals surface area contributed by atoms with Crippen LogP contribution in [0.2, 0.25) is 0 Å². The Morgan fingerprint density at radius 1 is 1.19 bits per heavy atom. The number of hydrogen-bond acceptors (Lipinski definition) is 6. The van der Waals surface area contributed by atoms with Gasteiger partial charge in [-0.05, 0) is 6.92 Å². The van der Waals surface area contributed by atoms with Crippen molar-refractivity contribution in [3.05, 3.63) is 35.7 Å². The maximum absolute atomic E-state index is 12.6. The molecule has 1 aliphatic rings. The van der Waals surface area contributed by atoms with E-state index in [1.165, 1.54) is 0 Å². The van der Waals surface area contributed by atoms with Crippen LogP contribution in [0.4, 0.5) is 19.1 Å². The molecule has 0 aliphatic carbocycles. The zero-order chi connectivity index (χ0) is 18.7. The van der Waals surface area contributed by atoms with Crippen molar-refractivity contribution in [1.82, 2.24) is 19.5 Å². The number of fused-ring (bicyclic) bond motifs is 1. The van der Waals surface area contributed by atoms with Gasteiger partial charge in [-0.1, -0.05) is 0 Å². The van der Waals surface area contributed by atoms with Crippen molar-refractivity contribution < 1.29 is 17.9 Å². The van der Waals surface area contributed by atoms with E-state index < -0.39 is 11.7 Å². The van der Waals surface area contributed by atoms with E-state index in [1.807, 2.05) is 11.8 Å². The summed E-state index contributed by atoms with van der Waals surface area (Å²) in [4.78, 5) is 14.0. The molecule has 142 valence electrons. The Bertz CT molecular complexity index is 729. The van der Waals surface area contributed by atoms with Crippen LogP contribution in [0.25, 0.3) is 0 Å². The monoisotopic (exact) mass is 370 g/mol. The van der Waals surface area contributed by atoms with E-state index in [0.717, 1.165) is 23.9 Å². The number of aromatic nitrogens is 4. The maximum atomic E-state index is 12.6. The zero-order valence-electron chi connectivity index (χ0n) is 14.4. The molecule has 0 fully saturated rings. The Balaban J connectivity index is 1.62. The molecule has 0 saturated heterocycles. The molecule has 0 aromatic carbocycles. The lowest BCUT2D eigenvalue weighted by atomic mass is 10.3. The minimum absolute atomic E-state index is 0.00137. The van der Waals surface area contributed by atoms with Gasteiger partial charge in [-0.2, -0.15) is 13.2 Å². The second-order valence-corrected chi connectivity index (χ2v) is 6.31. The third-order valence-electron chi connectivity index (χ3n) is 4.07. The number of nitrogens with zero attached hydrogens (tertiary/aromatic N) is 5. The number of halogens is 3. The number of nitrogens with two attached hydrogens (primary N) is 1. The van der Waals surface area contributed by atoms with Crippen LogP contribution in [0.1, 0.15) is 24.0 Å². The van der Waals surface area contributed by atoms with Crippen molar-refractivity contribution in [2.24, 2.45) is 5.73 Å². The van der Waals surface area contributed by atoms with Crippen molar-refractivity contribution in [1.29, 1.82) is 0 Å². The Hall–Kier alpha value is -2.20. The van der Waals surface area contributed by atoms with E-state index in [-0.39, 0.29) is 12.0 Å². The molecule has 3 heterocycles. The molecule has 1 unspecified atom stereocenters. The minimum atomic E-state index is -4.43. The quantitative estimate of drug-likeness (QED) is 0.778. The lowest BCUT2D eigenvalue weighted by Gasteiger charge is -2.29. The molecule has 2 aromatic heterocycles. The first-order valence-corrected chi connectivity index (χ1v) is 8.35. The van der Waals surface area contributed by atoms with Crippen LogP contribution >= 0.6 is 0 Å². The SMILES string of the molecule is CC(N)COCCc1ncc2n1CCN(c1ncc(C(F)(F)F)cn1)C2. The fourth-order valence-electron chi connectivity index (χ4n) is 2.78. The summed E-state index contributed by atoms with van der Waals surface area (Å²) >= 11 is 0. The third-order valence-corrected chi connectivity index (χ3v) is 4.07. The van der Waals surface area contributed by atoms with Crippen LogP contribution in [0.3, 0.4) is 0 Å². The van der Waals surface area contributed by atoms with Crippen molar-refractivity contribution in [3.8, 4) is 0 Å². The number of anilines is 1. The second kappa shape index (κ2) is 7.58. The Kier molecular flexibility index (Phi) is 5.42. The van der Waals surface area contributed by atoms with Crippen LogP contribution < -0.4 is 10.6 Å². The van der Waals surface area contributed by atoms with Gasteiger partial charge in [0.05, 0.1) is 37.2 Å². The van der Waals surface area contributed by atoms with Gasteiger partial charge in [0.15, 0.2) is 0 Å². The van der Waals surface area contributed by atoms with Gasteiger partial charge in [-0.3, -0.25) is 0 Å². The molecule has 2 aromatic rings. The molecule has 3 rings (SSSR count). The van der Waals surface area contributed by atoms with Gasteiger partial charge in [0.1, 0.15) is 5.82 Å². The first kappa shape index (κ1) is 18.6. The van der Waals surface area contributed by atoms with Gasteiger partial charge in [0, 0.05) is 37.9 Å². The molecule has 0 radical (unpaired) electrons. The molecular formula is C16H21F3N6O. The van der Waals surface area contributed by atoms with Gasteiger partial charge in [0.25, 0.3) is 0 Å². The molecule has 0 bridgehead atoms. The summed E-state index contributed by atoms with van der Waals surface area (Å²) in [7, 11) is 0. The summed E-state index contributed by atoms with van der Waals surface area (Å²) in [5.41, 5.74) is 5.77. The molecule has 2 N–H and O–H groups in total. The van der Waals surface area contributed by atoms with E-state index >= 15 is 0 Å². The summed E-state index contributed by atoms with van der Waals surface area (Å²) in [6.07, 6.45) is -0.344. The second-order valence-electron chi connectivity index (χ2n) is 6.31. The van der Waals surface area contributed by atoms with Crippen molar-refractivity contribution in [3.63, 3.8) is 0 Å². The number of ether oxygens (including phenoxy) is 1. The number of imidazole rings is 1. The number of hydrogen-bond donors (Lipinski definition) is 1. The maximum Gasteiger partial charge on any atom is 0.419 e. The topological polar surface area (TPSA) is 82.1 Å². The highest BCUT2D eigenvalue weighted by Crippen LogP contribution is 2.28. The minimum Gasteiger partial charge on any atom is -0.379 e. The van der Waals surface area contributed by atoms with E-state index in [2.05, 4.69) is 19.5 Å². The number of alkyl halides is 3. The van der Waals surface area contributed by atoms with Crippen LogP contribution in [0.15, 0.2) is 18.6 Å². The molecule has 26 heavy (non-hydrogen) atoms. The summed E-state index contributed by atoms with van der Waals surface area (Å²) < 4.78 is 45.4. The normalized spacial score (nSPS) is 15.8. The Labute approximate surface area is 149 Å². The van der Waals surface area contributed by atoms with E-state index in [0.29, 0.717) is 39.3 Å². The predicted molar refractivity (Wildman–Crippen MR) is 88.5 cm³/mol. The highest BCUT2D eigenvalue weighted by Gasteiger charge is 2.32. The lowest BCUT2D eigenvalue weighted by Crippen LogP contribution is -2.35. The van der Waals surface area contributed by atoms with Crippen molar-refractivity contribution >= 4 is 5.95 Å². The molecular weight excluding hydrogens is 349 g/mol. The average molecular weight is 370 g/mol. The molecule has 1 atom stereocenters. The fourth-order valence-corrected chi connectivity index (χ4v) is 2.78. The van der Waals surface area contributed by atoms with E-state index in [1.54, 1.807) is 6.20 Å². The zero-order valence-corrected chi connectivity index (χ0v) is 14.4. The molecule has 0 spiro atoms. The lowest BCUT2D eigenvalue weighted by molar-refractivity contribution is -0.138. The average Bonchev–Trinajstić information content (AvgIpc) is 3.00. The van der Waals surface area contributed by atoms with Gasteiger partial charge in [0.2, 0.25) is 5.95 Å². The van der Waals surface area contributed by atoms with Gasteiger partial charge in [-0.15, -0.1) is 0 Å². The first-order chi connectivity index (χ1) is 12.3. The third kappa shape index (κ3) is 4.31. The summed E-state index contributed by atoms with van der Waals surface area (Å²) in [5.74, 6) is 1.21. The van der Waals surface area contributed by atoms with Crippen molar-refractivity contribution in [2.75, 3.05) is 24.7 Å². The largest absolute Gasteiger partial charge is 0.419 e. The predicted octanol–water partition coefficient (Wildman–Crippen LogP) is 1.62. The Morgan fingerprint density at radius 2 is 1.92 bits per heavy atom. The van der Waals surface area contributed by atoms with Gasteiger partial charge < -0.3 is 19.9 Å².